The third-order valence-corrected chi connectivity index (χ3v) is 7.51. The number of carboxylic acids is 1. The second-order valence-corrected chi connectivity index (χ2v) is 10.4. The normalized spacial score (nSPS) is 14.4. The van der Waals surface area contributed by atoms with Crippen molar-refractivity contribution >= 4 is 51.2 Å². The summed E-state index contributed by atoms with van der Waals surface area (Å²) in [5, 5.41) is 8.97. The predicted molar refractivity (Wildman–Crippen MR) is 121 cm³/mol. The number of halogens is 2. The van der Waals surface area contributed by atoms with Crippen LogP contribution in [-0.2, 0) is 16.6 Å². The zero-order valence-corrected chi connectivity index (χ0v) is 20.4. The number of carboxylic acid groups (broad SMARTS) is 1. The summed E-state index contributed by atoms with van der Waals surface area (Å²) >= 11 is 12.1. The summed E-state index contributed by atoms with van der Waals surface area (Å²) in [5.41, 5.74) is 0.0588. The molecule has 0 atom stereocenters. The first-order chi connectivity index (χ1) is 15.3. The van der Waals surface area contributed by atoms with Crippen LogP contribution < -0.4 is 4.74 Å². The molecule has 1 aliphatic rings. The molecule has 0 aliphatic carbocycles. The molecule has 0 fully saturated rings. The van der Waals surface area contributed by atoms with Crippen LogP contribution >= 0.6 is 23.2 Å². The minimum Gasteiger partial charge on any atom is -0.478 e. The van der Waals surface area contributed by atoms with Crippen LogP contribution in [-0.4, -0.2) is 54.8 Å². The number of benzene rings is 2. The monoisotopic (exact) mass is 514 g/mol. The molecule has 1 N–H and O–H groups in total. The van der Waals surface area contributed by atoms with Gasteiger partial charge in [0.05, 0.1) is 27.7 Å². The number of sulfonamides is 1. The van der Waals surface area contributed by atoms with Crippen molar-refractivity contribution < 1.29 is 32.6 Å². The Hall–Kier alpha value is -2.82. The number of amides is 2. The lowest BCUT2D eigenvalue weighted by atomic mass is 9.96. The summed E-state index contributed by atoms with van der Waals surface area (Å²) in [7, 11) is -1.40. The van der Waals surface area contributed by atoms with E-state index in [9.17, 15) is 27.9 Å². The highest BCUT2D eigenvalue weighted by molar-refractivity contribution is 7.90. The van der Waals surface area contributed by atoms with Gasteiger partial charge in [-0.15, -0.1) is 0 Å². The Morgan fingerprint density at radius 1 is 1.18 bits per heavy atom. The van der Waals surface area contributed by atoms with Crippen LogP contribution in [0.1, 0.15) is 51.6 Å². The predicted octanol–water partition coefficient (Wildman–Crippen LogP) is 4.22. The highest BCUT2D eigenvalue weighted by atomic mass is 35.5. The molecule has 176 valence electrons. The third-order valence-electron chi connectivity index (χ3n) is 5.01. The topological polar surface area (TPSA) is 121 Å². The molecular weight excluding hydrogens is 495 g/mol. The van der Waals surface area contributed by atoms with Gasteiger partial charge in [-0.1, -0.05) is 43.1 Å². The second kappa shape index (κ2) is 8.85. The summed E-state index contributed by atoms with van der Waals surface area (Å²) in [5.74, 6) is -2.47. The van der Waals surface area contributed by atoms with E-state index >= 15 is 0 Å². The van der Waals surface area contributed by atoms with Crippen LogP contribution in [0.25, 0.3) is 0 Å². The van der Waals surface area contributed by atoms with E-state index in [0.717, 1.165) is 6.07 Å². The van der Waals surface area contributed by atoms with Crippen LogP contribution in [0.4, 0.5) is 4.79 Å². The molecule has 1 heterocycles. The molecule has 0 spiro atoms. The van der Waals surface area contributed by atoms with E-state index in [2.05, 4.69) is 0 Å². The molecule has 0 saturated carbocycles. The zero-order chi connectivity index (χ0) is 24.8. The number of carbonyl (C=O) groups excluding carboxylic acids is 2. The van der Waals surface area contributed by atoms with Gasteiger partial charge in [0, 0.05) is 20.2 Å². The number of rotatable bonds is 5. The summed E-state index contributed by atoms with van der Waals surface area (Å²) in [6.07, 6.45) is -0.711. The molecule has 3 rings (SSSR count). The molecule has 2 aromatic carbocycles. The van der Waals surface area contributed by atoms with Crippen LogP contribution in [0, 0.1) is 0 Å². The first-order valence-electron chi connectivity index (χ1n) is 9.61. The Labute approximate surface area is 200 Å². The number of hydrogen-bond donors (Lipinski definition) is 1. The van der Waals surface area contributed by atoms with E-state index in [1.165, 1.54) is 37.2 Å². The molecule has 0 unspecified atom stereocenters. The van der Waals surface area contributed by atoms with Crippen LogP contribution in [0.15, 0.2) is 29.2 Å². The van der Waals surface area contributed by atoms with E-state index in [1.807, 2.05) is 0 Å². The van der Waals surface area contributed by atoms with Crippen molar-refractivity contribution in [2.45, 2.75) is 31.2 Å². The first kappa shape index (κ1) is 24.8. The lowest BCUT2D eigenvalue weighted by Crippen LogP contribution is -2.30. The number of carbonyl (C=O) groups is 3. The standard InChI is InChI=1S/C21H20Cl2N2O7S/c1-10(2)13-7-12(32-21(29)24(3)4)8-15-16(13)19(26)25(33(15,30)31)9-11-5-6-14(22)17(18(11)23)20(27)28/h5-8,10H,9H2,1-4H3,(H,27,28). The van der Waals surface area contributed by atoms with Gasteiger partial charge in [-0.3, -0.25) is 4.79 Å². The Morgan fingerprint density at radius 3 is 2.36 bits per heavy atom. The molecule has 0 saturated heterocycles. The maximum Gasteiger partial charge on any atom is 0.414 e. The van der Waals surface area contributed by atoms with Gasteiger partial charge in [-0.25, -0.2) is 22.3 Å². The van der Waals surface area contributed by atoms with Crippen LogP contribution in [0.2, 0.25) is 10.0 Å². The molecule has 0 radical (unpaired) electrons. The molecule has 12 heteroatoms. The summed E-state index contributed by atoms with van der Waals surface area (Å²) in [6, 6.07) is 5.21. The minimum atomic E-state index is -4.35. The average Bonchev–Trinajstić information content (AvgIpc) is 2.89. The largest absolute Gasteiger partial charge is 0.478 e. The zero-order valence-electron chi connectivity index (χ0n) is 18.0. The van der Waals surface area contributed by atoms with E-state index in [-0.39, 0.29) is 37.7 Å². The van der Waals surface area contributed by atoms with Crippen molar-refractivity contribution in [3.8, 4) is 5.75 Å². The van der Waals surface area contributed by atoms with E-state index < -0.39 is 40.1 Å². The Morgan fingerprint density at radius 2 is 1.82 bits per heavy atom. The van der Waals surface area contributed by atoms with Gasteiger partial charge < -0.3 is 14.7 Å². The van der Waals surface area contributed by atoms with Gasteiger partial charge in [-0.2, -0.15) is 0 Å². The molecule has 0 aromatic heterocycles. The maximum absolute atomic E-state index is 13.3. The van der Waals surface area contributed by atoms with Crippen LogP contribution in [0.5, 0.6) is 5.75 Å². The number of aromatic carboxylic acids is 1. The molecule has 2 aromatic rings. The molecule has 1 aliphatic heterocycles. The van der Waals surface area contributed by atoms with Gasteiger partial charge in [0.15, 0.2) is 0 Å². The Bertz CT molecular complexity index is 1290. The van der Waals surface area contributed by atoms with Crippen LogP contribution in [0.3, 0.4) is 0 Å². The number of fused-ring (bicyclic) bond motifs is 1. The summed E-state index contributed by atoms with van der Waals surface area (Å²) in [6.45, 7) is 3.03. The Kier molecular flexibility index (Phi) is 6.65. The first-order valence-corrected chi connectivity index (χ1v) is 11.8. The fourth-order valence-electron chi connectivity index (χ4n) is 3.33. The molecule has 0 bridgehead atoms. The summed E-state index contributed by atoms with van der Waals surface area (Å²) in [4.78, 5) is 37.6. The van der Waals surface area contributed by atoms with E-state index in [1.54, 1.807) is 13.8 Å². The third kappa shape index (κ3) is 4.38. The van der Waals surface area contributed by atoms with Crippen molar-refractivity contribution in [1.29, 1.82) is 0 Å². The van der Waals surface area contributed by atoms with E-state index in [4.69, 9.17) is 27.9 Å². The van der Waals surface area contributed by atoms with Gasteiger partial charge in [0.1, 0.15) is 10.6 Å². The SMILES string of the molecule is CC(C)c1cc(OC(=O)N(C)C)cc2c1C(=O)N(Cc1ccc(Cl)c(C(=O)O)c1Cl)S2(=O)=O. The quantitative estimate of drug-likeness (QED) is 0.633. The average molecular weight is 515 g/mol. The van der Waals surface area contributed by atoms with Crippen molar-refractivity contribution in [2.24, 2.45) is 0 Å². The lowest BCUT2D eigenvalue weighted by Gasteiger charge is -2.17. The van der Waals surface area contributed by atoms with Gasteiger partial charge in [0.25, 0.3) is 15.9 Å². The second-order valence-electron chi connectivity index (χ2n) is 7.82. The fourth-order valence-corrected chi connectivity index (χ4v) is 5.50. The highest BCUT2D eigenvalue weighted by Gasteiger charge is 2.44. The van der Waals surface area contributed by atoms with E-state index in [0.29, 0.717) is 9.87 Å². The highest BCUT2D eigenvalue weighted by Crippen LogP contribution is 2.40. The van der Waals surface area contributed by atoms with Crippen molar-refractivity contribution in [3.63, 3.8) is 0 Å². The van der Waals surface area contributed by atoms with Crippen molar-refractivity contribution in [3.05, 3.63) is 56.6 Å². The lowest BCUT2D eigenvalue weighted by molar-refractivity contribution is 0.0697. The number of ether oxygens (including phenoxy) is 1. The summed E-state index contributed by atoms with van der Waals surface area (Å²) < 4.78 is 32.5. The number of hydrogen-bond acceptors (Lipinski definition) is 6. The Balaban J connectivity index is 2.12. The molecule has 9 nitrogen and oxygen atoms in total. The minimum absolute atomic E-state index is 0.0212. The van der Waals surface area contributed by atoms with Crippen molar-refractivity contribution in [2.75, 3.05) is 14.1 Å². The van der Waals surface area contributed by atoms with Crippen molar-refractivity contribution in [1.82, 2.24) is 9.21 Å². The smallest absolute Gasteiger partial charge is 0.414 e. The fraction of sp³-hybridized carbons (Fsp3) is 0.286. The van der Waals surface area contributed by atoms with Gasteiger partial charge >= 0.3 is 12.1 Å². The maximum atomic E-state index is 13.3. The molecule has 33 heavy (non-hydrogen) atoms. The van der Waals surface area contributed by atoms with Gasteiger partial charge in [-0.05, 0) is 29.2 Å². The van der Waals surface area contributed by atoms with Gasteiger partial charge in [0.2, 0.25) is 0 Å². The molecular formula is C21H20Cl2N2O7S. The molecule has 2 amide bonds. The number of nitrogens with zero attached hydrogens (tertiary/aromatic N) is 2.